The molecule has 1 atom stereocenters. The van der Waals surface area contributed by atoms with Crippen LogP contribution in [0.3, 0.4) is 0 Å². The van der Waals surface area contributed by atoms with Crippen LogP contribution in [0.4, 0.5) is 0 Å². The van der Waals surface area contributed by atoms with Crippen molar-refractivity contribution < 1.29 is 17.9 Å². The van der Waals surface area contributed by atoms with Crippen LogP contribution >= 0.6 is 0 Å². The highest BCUT2D eigenvalue weighted by Gasteiger charge is 2.25. The topological polar surface area (TPSA) is 72.5 Å². The Morgan fingerprint density at radius 1 is 1.12 bits per heavy atom. The number of hydrogen-bond donors (Lipinski definition) is 1. The molecule has 1 saturated heterocycles. The van der Waals surface area contributed by atoms with Crippen molar-refractivity contribution in [3.05, 3.63) is 54.1 Å². The fraction of sp³-hybridized carbons (Fsp3) is 0.350. The summed E-state index contributed by atoms with van der Waals surface area (Å²) in [6, 6.07) is 13.1. The van der Waals surface area contributed by atoms with E-state index in [0.717, 1.165) is 25.1 Å². The Bertz CT molecular complexity index is 885. The van der Waals surface area contributed by atoms with Gasteiger partial charge in [-0.15, -0.1) is 0 Å². The zero-order chi connectivity index (χ0) is 18.7. The molecule has 0 aromatic heterocycles. The van der Waals surface area contributed by atoms with Crippen molar-refractivity contribution in [2.45, 2.75) is 36.0 Å². The first-order valence-corrected chi connectivity index (χ1v) is 10.2. The third-order valence-corrected chi connectivity index (χ3v) is 6.30. The molecule has 0 radical (unpaired) electrons. The van der Waals surface area contributed by atoms with E-state index in [1.165, 1.54) is 6.07 Å². The van der Waals surface area contributed by atoms with E-state index in [2.05, 4.69) is 5.32 Å². The monoisotopic (exact) mass is 373 g/mol. The normalized spacial score (nSPS) is 17.4. The minimum atomic E-state index is -3.66. The molecular weight excluding hydrogens is 350 g/mol. The summed E-state index contributed by atoms with van der Waals surface area (Å²) in [6.45, 7) is 5.19. The van der Waals surface area contributed by atoms with Crippen LogP contribution in [-0.2, 0) is 14.6 Å². The molecule has 138 valence electrons. The average molecular weight is 373 g/mol. The van der Waals surface area contributed by atoms with E-state index < -0.39 is 9.84 Å². The number of sulfone groups is 1. The van der Waals surface area contributed by atoms with E-state index >= 15 is 0 Å². The fourth-order valence-electron chi connectivity index (χ4n) is 2.99. The van der Waals surface area contributed by atoms with Crippen molar-refractivity contribution >= 4 is 15.8 Å². The number of carbonyl (C=O) groups excluding carboxylic acids is 1. The van der Waals surface area contributed by atoms with Gasteiger partial charge in [0.1, 0.15) is 5.75 Å². The number of nitrogens with one attached hydrogen (secondary N) is 1. The van der Waals surface area contributed by atoms with Gasteiger partial charge >= 0.3 is 5.97 Å². The van der Waals surface area contributed by atoms with Crippen molar-refractivity contribution in [2.24, 2.45) is 5.92 Å². The van der Waals surface area contributed by atoms with Crippen LogP contribution in [0.1, 0.15) is 31.7 Å². The highest BCUT2D eigenvalue weighted by molar-refractivity contribution is 7.91. The smallest absolute Gasteiger partial charge is 0.313 e. The molecule has 2 aromatic rings. The second-order valence-electron chi connectivity index (χ2n) is 6.78. The van der Waals surface area contributed by atoms with Crippen LogP contribution in [0, 0.1) is 5.92 Å². The Hall–Kier alpha value is -2.18. The number of ether oxygens (including phenoxy) is 1. The van der Waals surface area contributed by atoms with Crippen LogP contribution in [0.2, 0.25) is 0 Å². The lowest BCUT2D eigenvalue weighted by molar-refractivity contribution is -0.137. The molecule has 0 unspecified atom stereocenters. The lowest BCUT2D eigenvalue weighted by Crippen LogP contribution is -2.17. The number of carbonyl (C=O) groups is 1. The van der Waals surface area contributed by atoms with Crippen molar-refractivity contribution in [2.75, 3.05) is 13.1 Å². The maximum absolute atomic E-state index is 12.9. The summed E-state index contributed by atoms with van der Waals surface area (Å²) in [4.78, 5) is 12.5. The summed E-state index contributed by atoms with van der Waals surface area (Å²) < 4.78 is 31.3. The standard InChI is InChI=1S/C20H23NO4S/c1-14(2)20(22)25-19-12-17(8-9-18(19)15-10-11-21-13-15)26(23,24)16-6-4-3-5-7-16/h3-9,12,14-15,21H,10-11,13H2,1-2H3/t15-/m1/s1. The maximum Gasteiger partial charge on any atom is 0.313 e. The van der Waals surface area contributed by atoms with Crippen LogP contribution in [0.5, 0.6) is 5.75 Å². The Morgan fingerprint density at radius 2 is 1.85 bits per heavy atom. The summed E-state index contributed by atoms with van der Waals surface area (Å²) in [5.74, 6) is -0.113. The van der Waals surface area contributed by atoms with E-state index in [4.69, 9.17) is 4.74 Å². The molecule has 5 nitrogen and oxygen atoms in total. The van der Waals surface area contributed by atoms with Crippen molar-refractivity contribution in [3.8, 4) is 5.75 Å². The minimum Gasteiger partial charge on any atom is -0.426 e. The van der Waals surface area contributed by atoms with Crippen molar-refractivity contribution in [1.82, 2.24) is 5.32 Å². The molecule has 1 aliphatic rings. The summed E-state index contributed by atoms with van der Waals surface area (Å²) >= 11 is 0. The number of rotatable bonds is 5. The van der Waals surface area contributed by atoms with Gasteiger partial charge in [0.2, 0.25) is 9.84 Å². The van der Waals surface area contributed by atoms with E-state index in [1.807, 2.05) is 0 Å². The molecule has 26 heavy (non-hydrogen) atoms. The first-order chi connectivity index (χ1) is 12.4. The molecule has 0 bridgehead atoms. The van der Waals surface area contributed by atoms with Gasteiger partial charge in [0.15, 0.2) is 0 Å². The quantitative estimate of drug-likeness (QED) is 0.644. The average Bonchev–Trinajstić information content (AvgIpc) is 3.16. The molecule has 0 aliphatic carbocycles. The van der Waals surface area contributed by atoms with Crippen LogP contribution in [0.15, 0.2) is 58.3 Å². The lowest BCUT2D eigenvalue weighted by atomic mass is 9.97. The number of benzene rings is 2. The summed E-state index contributed by atoms with van der Waals surface area (Å²) in [5.41, 5.74) is 0.871. The molecule has 6 heteroatoms. The molecule has 1 aliphatic heterocycles. The first-order valence-electron chi connectivity index (χ1n) is 8.76. The predicted octanol–water partition coefficient (Wildman–Crippen LogP) is 3.16. The molecule has 3 rings (SSSR count). The van der Waals surface area contributed by atoms with Crippen LogP contribution in [0.25, 0.3) is 0 Å². The van der Waals surface area contributed by atoms with Gasteiger partial charge in [0.25, 0.3) is 0 Å². The van der Waals surface area contributed by atoms with Gasteiger partial charge in [-0.1, -0.05) is 38.1 Å². The summed E-state index contributed by atoms with van der Waals surface area (Å²) in [6.07, 6.45) is 0.928. The highest BCUT2D eigenvalue weighted by atomic mass is 32.2. The number of hydrogen-bond acceptors (Lipinski definition) is 5. The zero-order valence-corrected chi connectivity index (χ0v) is 15.8. The molecule has 1 heterocycles. The van der Waals surface area contributed by atoms with Crippen molar-refractivity contribution in [3.63, 3.8) is 0 Å². The fourth-order valence-corrected chi connectivity index (χ4v) is 4.29. The second kappa shape index (κ2) is 7.60. The lowest BCUT2D eigenvalue weighted by Gasteiger charge is -2.17. The molecule has 1 fully saturated rings. The Kier molecular flexibility index (Phi) is 5.44. The second-order valence-corrected chi connectivity index (χ2v) is 8.73. The van der Waals surface area contributed by atoms with Crippen molar-refractivity contribution in [1.29, 1.82) is 0 Å². The maximum atomic E-state index is 12.9. The molecule has 1 N–H and O–H groups in total. The number of esters is 1. The summed E-state index contributed by atoms with van der Waals surface area (Å²) in [5, 5.41) is 3.29. The molecule has 0 amide bonds. The van der Waals surface area contributed by atoms with Gasteiger partial charge in [0.05, 0.1) is 15.7 Å². The first kappa shape index (κ1) is 18.6. The van der Waals surface area contributed by atoms with Gasteiger partial charge in [-0.25, -0.2) is 8.42 Å². The predicted molar refractivity (Wildman–Crippen MR) is 99.0 cm³/mol. The molecule has 2 aromatic carbocycles. The molecule has 0 spiro atoms. The molecule has 0 saturated carbocycles. The summed E-state index contributed by atoms with van der Waals surface area (Å²) in [7, 11) is -3.66. The van der Waals surface area contributed by atoms with Crippen LogP contribution < -0.4 is 10.1 Å². The third kappa shape index (κ3) is 3.81. The Balaban J connectivity index is 2.04. The zero-order valence-electron chi connectivity index (χ0n) is 14.9. The van der Waals surface area contributed by atoms with E-state index in [0.29, 0.717) is 5.75 Å². The Morgan fingerprint density at radius 3 is 2.46 bits per heavy atom. The largest absolute Gasteiger partial charge is 0.426 e. The van der Waals surface area contributed by atoms with E-state index in [1.54, 1.807) is 56.3 Å². The Labute approximate surface area is 154 Å². The van der Waals surface area contributed by atoms with Gasteiger partial charge in [-0.05, 0) is 36.7 Å². The van der Waals surface area contributed by atoms with Gasteiger partial charge in [-0.2, -0.15) is 0 Å². The van der Waals surface area contributed by atoms with Gasteiger partial charge < -0.3 is 10.1 Å². The highest BCUT2D eigenvalue weighted by Crippen LogP contribution is 2.34. The molecular formula is C20H23NO4S. The van der Waals surface area contributed by atoms with E-state index in [9.17, 15) is 13.2 Å². The SMILES string of the molecule is CC(C)C(=O)Oc1cc(S(=O)(=O)c2ccccc2)ccc1[C@@H]1CCNC1. The van der Waals surface area contributed by atoms with E-state index in [-0.39, 0.29) is 27.6 Å². The van der Waals surface area contributed by atoms with Crippen LogP contribution in [-0.4, -0.2) is 27.5 Å². The van der Waals surface area contributed by atoms with Gasteiger partial charge in [0, 0.05) is 18.5 Å². The van der Waals surface area contributed by atoms with Gasteiger partial charge in [-0.3, -0.25) is 4.79 Å². The minimum absolute atomic E-state index is 0.130. The third-order valence-electron chi connectivity index (χ3n) is 4.53.